The number of nitriles is 1. The van der Waals surface area contributed by atoms with Gasteiger partial charge in [-0.05, 0) is 26.3 Å². The van der Waals surface area contributed by atoms with Gasteiger partial charge >= 0.3 is 0 Å². The van der Waals surface area contributed by atoms with Crippen LogP contribution in [0.1, 0.15) is 23.4 Å². The first-order valence-corrected chi connectivity index (χ1v) is 7.19. The SMILES string of the molecule is Cc1cc(NCCCS(C)=O)c(C#N)c(C)n1. The summed E-state index contributed by atoms with van der Waals surface area (Å²) in [5.41, 5.74) is 3.05. The topological polar surface area (TPSA) is 65.8 Å². The first-order chi connectivity index (χ1) is 8.04. The molecule has 1 atom stereocenters. The first-order valence-electron chi connectivity index (χ1n) is 5.47. The third-order valence-corrected chi connectivity index (χ3v) is 3.23. The number of anilines is 1. The van der Waals surface area contributed by atoms with Crippen molar-refractivity contribution in [3.05, 3.63) is 23.0 Å². The van der Waals surface area contributed by atoms with Gasteiger partial charge in [0.15, 0.2) is 0 Å². The molecule has 1 aromatic heterocycles. The fraction of sp³-hybridized carbons (Fsp3) is 0.500. The third kappa shape index (κ3) is 4.16. The number of pyridine rings is 1. The molecule has 92 valence electrons. The Morgan fingerprint density at radius 2 is 2.24 bits per heavy atom. The Balaban J connectivity index is 2.70. The van der Waals surface area contributed by atoms with Crippen molar-refractivity contribution < 1.29 is 4.21 Å². The minimum Gasteiger partial charge on any atom is -0.384 e. The second kappa shape index (κ2) is 6.36. The third-order valence-electron chi connectivity index (χ3n) is 2.36. The highest BCUT2D eigenvalue weighted by atomic mass is 32.2. The molecule has 0 aliphatic heterocycles. The molecule has 17 heavy (non-hydrogen) atoms. The van der Waals surface area contributed by atoms with Crippen LogP contribution in [0.2, 0.25) is 0 Å². The monoisotopic (exact) mass is 251 g/mol. The second-order valence-corrected chi connectivity index (χ2v) is 5.50. The number of hydrogen-bond acceptors (Lipinski definition) is 4. The smallest absolute Gasteiger partial charge is 0.103 e. The molecule has 0 radical (unpaired) electrons. The van der Waals surface area contributed by atoms with Gasteiger partial charge in [-0.15, -0.1) is 0 Å². The Hall–Kier alpha value is -1.41. The summed E-state index contributed by atoms with van der Waals surface area (Å²) < 4.78 is 10.9. The molecule has 0 aliphatic rings. The van der Waals surface area contributed by atoms with E-state index in [2.05, 4.69) is 16.4 Å². The molecule has 0 spiro atoms. The van der Waals surface area contributed by atoms with E-state index in [4.69, 9.17) is 5.26 Å². The van der Waals surface area contributed by atoms with Crippen LogP contribution in [-0.2, 0) is 10.8 Å². The van der Waals surface area contributed by atoms with Gasteiger partial charge in [-0.1, -0.05) is 0 Å². The van der Waals surface area contributed by atoms with Crippen molar-refractivity contribution in [2.75, 3.05) is 23.9 Å². The average Bonchev–Trinajstić information content (AvgIpc) is 2.23. The maximum atomic E-state index is 10.9. The van der Waals surface area contributed by atoms with Crippen LogP contribution < -0.4 is 5.32 Å². The molecular formula is C12H17N3OS. The first kappa shape index (κ1) is 13.7. The van der Waals surface area contributed by atoms with E-state index >= 15 is 0 Å². The van der Waals surface area contributed by atoms with Crippen LogP contribution in [0.25, 0.3) is 0 Å². The van der Waals surface area contributed by atoms with E-state index in [0.717, 1.165) is 30.0 Å². The van der Waals surface area contributed by atoms with E-state index in [0.29, 0.717) is 11.3 Å². The minimum atomic E-state index is -0.757. The van der Waals surface area contributed by atoms with Crippen LogP contribution in [0.15, 0.2) is 6.07 Å². The molecule has 1 heterocycles. The van der Waals surface area contributed by atoms with Crippen LogP contribution in [0.4, 0.5) is 5.69 Å². The van der Waals surface area contributed by atoms with Crippen LogP contribution in [0, 0.1) is 25.2 Å². The lowest BCUT2D eigenvalue weighted by atomic mass is 10.1. The Labute approximate surface area is 105 Å². The molecule has 4 nitrogen and oxygen atoms in total. The Morgan fingerprint density at radius 3 is 2.82 bits per heavy atom. The molecule has 0 saturated carbocycles. The minimum absolute atomic E-state index is 0.591. The summed E-state index contributed by atoms with van der Waals surface area (Å²) in [7, 11) is -0.757. The van der Waals surface area contributed by atoms with Crippen molar-refractivity contribution >= 4 is 16.5 Å². The van der Waals surface area contributed by atoms with Crippen molar-refractivity contribution in [1.82, 2.24) is 4.98 Å². The van der Waals surface area contributed by atoms with Gasteiger partial charge in [-0.2, -0.15) is 5.26 Å². The van der Waals surface area contributed by atoms with Crippen LogP contribution >= 0.6 is 0 Å². The zero-order valence-electron chi connectivity index (χ0n) is 10.4. The van der Waals surface area contributed by atoms with Gasteiger partial charge in [-0.25, -0.2) is 0 Å². The molecule has 1 N–H and O–H groups in total. The van der Waals surface area contributed by atoms with E-state index in [9.17, 15) is 4.21 Å². The van der Waals surface area contributed by atoms with Crippen LogP contribution in [0.3, 0.4) is 0 Å². The van der Waals surface area contributed by atoms with Crippen LogP contribution in [-0.4, -0.2) is 27.7 Å². The van der Waals surface area contributed by atoms with Gasteiger partial charge in [-0.3, -0.25) is 9.19 Å². The lowest BCUT2D eigenvalue weighted by molar-refractivity contribution is 0.685. The summed E-state index contributed by atoms with van der Waals surface area (Å²) in [5.74, 6) is 0.679. The molecule has 0 amide bonds. The molecule has 1 rings (SSSR count). The largest absolute Gasteiger partial charge is 0.384 e. The molecule has 0 aliphatic carbocycles. The van der Waals surface area contributed by atoms with E-state index in [-0.39, 0.29) is 0 Å². The maximum Gasteiger partial charge on any atom is 0.103 e. The number of hydrogen-bond donors (Lipinski definition) is 1. The highest BCUT2D eigenvalue weighted by Gasteiger charge is 2.07. The van der Waals surface area contributed by atoms with Gasteiger partial charge in [0.25, 0.3) is 0 Å². The van der Waals surface area contributed by atoms with Crippen molar-refractivity contribution in [2.24, 2.45) is 0 Å². The number of nitrogens with one attached hydrogen (secondary N) is 1. The molecular weight excluding hydrogens is 234 g/mol. The predicted molar refractivity (Wildman–Crippen MR) is 70.5 cm³/mol. The van der Waals surface area contributed by atoms with Gasteiger partial charge in [0, 0.05) is 35.0 Å². The molecule has 0 bridgehead atoms. The summed E-state index contributed by atoms with van der Waals surface area (Å²) in [6.07, 6.45) is 2.52. The lowest BCUT2D eigenvalue weighted by Gasteiger charge is -2.10. The fourth-order valence-electron chi connectivity index (χ4n) is 1.61. The molecule has 5 heteroatoms. The normalized spacial score (nSPS) is 11.9. The van der Waals surface area contributed by atoms with Gasteiger partial charge < -0.3 is 5.32 Å². The second-order valence-electron chi connectivity index (χ2n) is 3.94. The summed E-state index contributed by atoms with van der Waals surface area (Å²) in [4.78, 5) is 4.25. The van der Waals surface area contributed by atoms with Crippen molar-refractivity contribution in [3.63, 3.8) is 0 Å². The summed E-state index contributed by atoms with van der Waals surface area (Å²) in [6, 6.07) is 4.03. The van der Waals surface area contributed by atoms with Crippen molar-refractivity contribution in [3.8, 4) is 6.07 Å². The summed E-state index contributed by atoms with van der Waals surface area (Å²) in [5, 5.41) is 12.3. The Morgan fingerprint density at radius 1 is 1.53 bits per heavy atom. The van der Waals surface area contributed by atoms with Gasteiger partial charge in [0.05, 0.1) is 16.9 Å². The molecule has 0 aromatic carbocycles. The van der Waals surface area contributed by atoms with E-state index < -0.39 is 10.8 Å². The summed E-state index contributed by atoms with van der Waals surface area (Å²) in [6.45, 7) is 4.45. The average molecular weight is 251 g/mol. The maximum absolute atomic E-state index is 10.9. The molecule has 1 unspecified atom stereocenters. The molecule has 0 fully saturated rings. The number of nitrogens with zero attached hydrogens (tertiary/aromatic N) is 2. The number of aryl methyl sites for hydroxylation is 2. The Bertz CT molecular complexity index is 466. The molecule has 1 aromatic rings. The van der Waals surface area contributed by atoms with E-state index in [1.807, 2.05) is 19.9 Å². The quantitative estimate of drug-likeness (QED) is 0.810. The zero-order chi connectivity index (χ0) is 12.8. The zero-order valence-corrected chi connectivity index (χ0v) is 11.2. The molecule has 0 saturated heterocycles. The van der Waals surface area contributed by atoms with Gasteiger partial charge in [0.1, 0.15) is 6.07 Å². The van der Waals surface area contributed by atoms with Crippen molar-refractivity contribution in [1.29, 1.82) is 5.26 Å². The highest BCUT2D eigenvalue weighted by Crippen LogP contribution is 2.18. The van der Waals surface area contributed by atoms with E-state index in [1.54, 1.807) is 6.26 Å². The standard InChI is InChI=1S/C12H17N3OS/c1-9-7-12(11(8-13)10(2)15-9)14-5-4-6-17(3)16/h7H,4-6H2,1-3H3,(H,14,15). The van der Waals surface area contributed by atoms with Gasteiger partial charge in [0.2, 0.25) is 0 Å². The highest BCUT2D eigenvalue weighted by molar-refractivity contribution is 7.84. The lowest BCUT2D eigenvalue weighted by Crippen LogP contribution is -2.08. The number of rotatable bonds is 5. The fourth-order valence-corrected chi connectivity index (χ4v) is 2.16. The van der Waals surface area contributed by atoms with Crippen molar-refractivity contribution in [2.45, 2.75) is 20.3 Å². The number of aromatic nitrogens is 1. The predicted octanol–water partition coefficient (Wildman–Crippen LogP) is 1.75. The summed E-state index contributed by atoms with van der Waals surface area (Å²) >= 11 is 0. The van der Waals surface area contributed by atoms with E-state index in [1.165, 1.54) is 0 Å². The van der Waals surface area contributed by atoms with Crippen LogP contribution in [0.5, 0.6) is 0 Å². The Kier molecular flexibility index (Phi) is 5.11.